The van der Waals surface area contributed by atoms with E-state index in [1.165, 1.54) is 25.1 Å². The van der Waals surface area contributed by atoms with Crippen molar-refractivity contribution in [2.75, 3.05) is 12.3 Å². The second-order valence-corrected chi connectivity index (χ2v) is 6.87. The molecule has 1 atom stereocenters. The number of Topliss-reactive ketones (excluding diaryl/α,β-unsaturated/α-hetero) is 2. The molecular formula is C17H27NO4S. The smallest absolute Gasteiger partial charge is 0.242 e. The van der Waals surface area contributed by atoms with Crippen molar-refractivity contribution in [3.63, 3.8) is 0 Å². The number of imide groups is 1. The van der Waals surface area contributed by atoms with E-state index in [1.54, 1.807) is 6.92 Å². The van der Waals surface area contributed by atoms with Gasteiger partial charge < -0.3 is 0 Å². The molecule has 5 nitrogen and oxygen atoms in total. The molecule has 0 aromatic heterocycles. The highest BCUT2D eigenvalue weighted by Gasteiger charge is 2.38. The van der Waals surface area contributed by atoms with Crippen molar-refractivity contribution >= 4 is 35.1 Å². The minimum Gasteiger partial charge on any atom is -0.300 e. The number of rotatable bonds is 8. The molecule has 0 aliphatic carbocycles. The van der Waals surface area contributed by atoms with Crippen LogP contribution in [0.5, 0.6) is 0 Å². The quantitative estimate of drug-likeness (QED) is 0.501. The summed E-state index contributed by atoms with van der Waals surface area (Å²) in [5.41, 5.74) is 0.427. The maximum atomic E-state index is 12.0. The van der Waals surface area contributed by atoms with Crippen LogP contribution in [0.2, 0.25) is 0 Å². The average molecular weight is 341 g/mol. The predicted octanol–water partition coefficient (Wildman–Crippen LogP) is 2.78. The topological polar surface area (TPSA) is 71.5 Å². The van der Waals surface area contributed by atoms with Gasteiger partial charge in [0.1, 0.15) is 5.78 Å². The van der Waals surface area contributed by atoms with Crippen LogP contribution in [0.25, 0.3) is 0 Å². The number of hydrogen-bond donors (Lipinski definition) is 0. The Bertz CT molecular complexity index is 473. The zero-order chi connectivity index (χ0) is 18.0. The van der Waals surface area contributed by atoms with E-state index in [9.17, 15) is 19.2 Å². The van der Waals surface area contributed by atoms with E-state index in [4.69, 9.17) is 0 Å². The van der Waals surface area contributed by atoms with E-state index in [0.29, 0.717) is 17.7 Å². The van der Waals surface area contributed by atoms with Crippen LogP contribution in [0.15, 0.2) is 12.2 Å². The number of ketones is 2. The number of carbonyl (C=O) groups is 4. The zero-order valence-corrected chi connectivity index (χ0v) is 15.3. The molecule has 1 fully saturated rings. The predicted molar refractivity (Wildman–Crippen MR) is 93.3 cm³/mol. The number of nitrogens with zero attached hydrogens (tertiary/aromatic N) is 1. The first-order valence-electron chi connectivity index (χ1n) is 7.88. The first kappa shape index (κ1) is 21.6. The summed E-state index contributed by atoms with van der Waals surface area (Å²) in [7, 11) is 0. The molecule has 130 valence electrons. The fraction of sp³-hybridized carbons (Fsp3) is 0.647. The van der Waals surface area contributed by atoms with E-state index in [-0.39, 0.29) is 42.8 Å². The Labute approximate surface area is 142 Å². The Hall–Kier alpha value is -1.43. The van der Waals surface area contributed by atoms with Crippen molar-refractivity contribution in [3.8, 4) is 0 Å². The summed E-state index contributed by atoms with van der Waals surface area (Å²) in [5.74, 6) is -0.0308. The van der Waals surface area contributed by atoms with Gasteiger partial charge in [0.05, 0.1) is 5.25 Å². The van der Waals surface area contributed by atoms with E-state index < -0.39 is 5.25 Å². The molecule has 6 heteroatoms. The standard InChI is InChI=1S/C14H19NO4S.C3H8/c1-9(2)11(17)4-6-15-13(18)8-12(14(15)19)20-7-5-10(3)16;1-3-2/h12H,1,4-8H2,2-3H3;3H2,1-2H3. The molecule has 1 rings (SSSR count). The van der Waals surface area contributed by atoms with Crippen LogP contribution in [0, 0.1) is 0 Å². The van der Waals surface area contributed by atoms with E-state index in [1.807, 2.05) is 0 Å². The molecule has 0 radical (unpaired) electrons. The number of carbonyl (C=O) groups excluding carboxylic acids is 4. The largest absolute Gasteiger partial charge is 0.300 e. The van der Waals surface area contributed by atoms with Crippen LogP contribution >= 0.6 is 11.8 Å². The van der Waals surface area contributed by atoms with Crippen LogP contribution < -0.4 is 0 Å². The second-order valence-electron chi connectivity index (χ2n) is 5.56. The van der Waals surface area contributed by atoms with E-state index in [2.05, 4.69) is 20.4 Å². The molecular weight excluding hydrogens is 314 g/mol. The van der Waals surface area contributed by atoms with Crippen molar-refractivity contribution in [1.82, 2.24) is 4.90 Å². The Kier molecular flexibility index (Phi) is 10.5. The summed E-state index contributed by atoms with van der Waals surface area (Å²) in [4.78, 5) is 47.2. The van der Waals surface area contributed by atoms with Crippen molar-refractivity contribution in [3.05, 3.63) is 12.2 Å². The van der Waals surface area contributed by atoms with Crippen LogP contribution in [0.4, 0.5) is 0 Å². The summed E-state index contributed by atoms with van der Waals surface area (Å²) in [6.07, 6.45) is 1.93. The van der Waals surface area contributed by atoms with Gasteiger partial charge in [-0.15, -0.1) is 11.8 Å². The third-order valence-corrected chi connectivity index (χ3v) is 4.22. The summed E-state index contributed by atoms with van der Waals surface area (Å²) < 4.78 is 0. The average Bonchev–Trinajstić information content (AvgIpc) is 2.71. The van der Waals surface area contributed by atoms with Gasteiger partial charge in [-0.25, -0.2) is 0 Å². The maximum Gasteiger partial charge on any atom is 0.242 e. The molecule has 1 unspecified atom stereocenters. The summed E-state index contributed by atoms with van der Waals surface area (Å²) in [6, 6.07) is 0. The molecule has 0 aromatic rings. The summed E-state index contributed by atoms with van der Waals surface area (Å²) in [6.45, 7) is 11.0. The first-order valence-corrected chi connectivity index (χ1v) is 8.93. The monoisotopic (exact) mass is 341 g/mol. The highest BCUT2D eigenvalue weighted by molar-refractivity contribution is 8.00. The van der Waals surface area contributed by atoms with Crippen molar-refractivity contribution in [1.29, 1.82) is 0 Å². The van der Waals surface area contributed by atoms with Crippen molar-refractivity contribution in [2.24, 2.45) is 0 Å². The minimum absolute atomic E-state index is 0.0678. The Morgan fingerprint density at radius 3 is 2.26 bits per heavy atom. The lowest BCUT2D eigenvalue weighted by atomic mass is 10.1. The third-order valence-electron chi connectivity index (χ3n) is 3.01. The lowest BCUT2D eigenvalue weighted by Crippen LogP contribution is -2.33. The lowest BCUT2D eigenvalue weighted by Gasteiger charge is -2.14. The number of hydrogen-bond acceptors (Lipinski definition) is 5. The lowest BCUT2D eigenvalue weighted by molar-refractivity contribution is -0.138. The Balaban J connectivity index is 0.00000149. The van der Waals surface area contributed by atoms with Crippen molar-refractivity contribution < 1.29 is 19.2 Å². The Morgan fingerprint density at radius 1 is 1.22 bits per heavy atom. The molecule has 1 aliphatic heterocycles. The first-order chi connectivity index (χ1) is 10.7. The molecule has 0 spiro atoms. The van der Waals surface area contributed by atoms with Crippen LogP contribution in [0.3, 0.4) is 0 Å². The highest BCUT2D eigenvalue weighted by Crippen LogP contribution is 2.26. The van der Waals surface area contributed by atoms with Gasteiger partial charge in [0, 0.05) is 31.6 Å². The van der Waals surface area contributed by atoms with Gasteiger partial charge in [0.15, 0.2) is 5.78 Å². The van der Waals surface area contributed by atoms with Crippen LogP contribution in [0.1, 0.15) is 53.4 Å². The number of thioether (sulfide) groups is 1. The van der Waals surface area contributed by atoms with Gasteiger partial charge >= 0.3 is 0 Å². The number of likely N-dealkylation sites (tertiary alicyclic amines) is 1. The molecule has 0 saturated carbocycles. The molecule has 2 amide bonds. The fourth-order valence-electron chi connectivity index (χ4n) is 1.79. The van der Waals surface area contributed by atoms with E-state index in [0.717, 1.165) is 4.90 Å². The fourth-order valence-corrected chi connectivity index (χ4v) is 3.01. The summed E-state index contributed by atoms with van der Waals surface area (Å²) in [5, 5.41) is -0.415. The van der Waals surface area contributed by atoms with Gasteiger partial charge in [-0.3, -0.25) is 24.1 Å². The Morgan fingerprint density at radius 2 is 1.78 bits per heavy atom. The van der Waals surface area contributed by atoms with Gasteiger partial charge in [-0.1, -0.05) is 26.8 Å². The highest BCUT2D eigenvalue weighted by atomic mass is 32.2. The molecule has 0 N–H and O–H groups in total. The van der Waals surface area contributed by atoms with Gasteiger partial charge in [0.25, 0.3) is 0 Å². The SMILES string of the molecule is C=C(C)C(=O)CCN1C(=O)CC(SCCC(C)=O)C1=O.CCC. The van der Waals surface area contributed by atoms with E-state index >= 15 is 0 Å². The van der Waals surface area contributed by atoms with Crippen LogP contribution in [-0.4, -0.2) is 45.8 Å². The third kappa shape index (κ3) is 8.11. The zero-order valence-electron chi connectivity index (χ0n) is 14.5. The number of amides is 2. The summed E-state index contributed by atoms with van der Waals surface area (Å²) >= 11 is 1.33. The van der Waals surface area contributed by atoms with Gasteiger partial charge in [0.2, 0.25) is 11.8 Å². The maximum absolute atomic E-state index is 12.0. The molecule has 23 heavy (non-hydrogen) atoms. The van der Waals surface area contributed by atoms with Gasteiger partial charge in [-0.2, -0.15) is 0 Å². The molecule has 1 aliphatic rings. The number of allylic oxidation sites excluding steroid dienone is 1. The minimum atomic E-state index is -0.415. The van der Waals surface area contributed by atoms with Gasteiger partial charge in [-0.05, 0) is 19.4 Å². The van der Waals surface area contributed by atoms with Crippen molar-refractivity contribution in [2.45, 2.75) is 58.6 Å². The normalized spacial score (nSPS) is 16.9. The van der Waals surface area contributed by atoms with Crippen LogP contribution in [-0.2, 0) is 19.2 Å². The molecule has 1 saturated heterocycles. The molecule has 1 heterocycles. The molecule has 0 bridgehead atoms. The molecule has 0 aromatic carbocycles. The second kappa shape index (κ2) is 11.2.